The summed E-state index contributed by atoms with van der Waals surface area (Å²) in [6.45, 7) is 12.3. The minimum absolute atomic E-state index is 0. The summed E-state index contributed by atoms with van der Waals surface area (Å²) >= 11 is 0. The molecule has 0 bridgehead atoms. The first-order valence-electron chi connectivity index (χ1n) is 8.19. The van der Waals surface area contributed by atoms with Crippen LogP contribution in [-0.4, -0.2) is 62.3 Å². The molecule has 0 spiro atoms. The van der Waals surface area contributed by atoms with Crippen LogP contribution in [0.5, 0.6) is 0 Å². The van der Waals surface area contributed by atoms with E-state index in [2.05, 4.69) is 46.3 Å². The lowest BCUT2D eigenvalue weighted by atomic mass is 9.94. The summed E-state index contributed by atoms with van der Waals surface area (Å²) in [7, 11) is 1.76. The van der Waals surface area contributed by atoms with Crippen LogP contribution in [0.2, 0.25) is 0 Å². The lowest BCUT2D eigenvalue weighted by molar-refractivity contribution is 0.0389. The summed E-state index contributed by atoms with van der Waals surface area (Å²) in [4.78, 5) is 10.9. The third-order valence-corrected chi connectivity index (χ3v) is 3.75. The zero-order valence-electron chi connectivity index (χ0n) is 15.1. The highest BCUT2D eigenvalue weighted by Crippen LogP contribution is 2.22. The Balaban J connectivity index is 0.00000288. The molecule has 1 fully saturated rings. The van der Waals surface area contributed by atoms with E-state index in [1.165, 1.54) is 0 Å². The molecule has 0 aromatic carbocycles. The van der Waals surface area contributed by atoms with E-state index in [0.717, 1.165) is 51.1 Å². The first-order valence-corrected chi connectivity index (χ1v) is 8.19. The van der Waals surface area contributed by atoms with Gasteiger partial charge in [0.25, 0.3) is 0 Å². The predicted molar refractivity (Wildman–Crippen MR) is 106 cm³/mol. The second-order valence-electron chi connectivity index (χ2n) is 6.67. The third kappa shape index (κ3) is 6.94. The normalized spacial score (nSPS) is 16.6. The number of nitrogens with one attached hydrogen (secondary N) is 2. The second kappa shape index (κ2) is 10.2. The molecule has 2 N–H and O–H groups in total. The average molecular weight is 451 g/mol. The van der Waals surface area contributed by atoms with Crippen molar-refractivity contribution in [2.75, 3.05) is 46.4 Å². The van der Waals surface area contributed by atoms with Crippen molar-refractivity contribution in [3.05, 3.63) is 17.8 Å². The standard InChI is InChI=1S/C16H29N5O2.HI/c1-16(2,3)13-11-19-14(23-13)12-20-15(17-4)18-5-6-21-7-9-22-10-8-21;/h11H,5-10,12H2,1-4H3,(H2,17,18,20);1H. The second-order valence-corrected chi connectivity index (χ2v) is 6.67. The van der Waals surface area contributed by atoms with Gasteiger partial charge in [0, 0.05) is 38.6 Å². The maximum Gasteiger partial charge on any atom is 0.213 e. The van der Waals surface area contributed by atoms with Gasteiger partial charge in [-0.2, -0.15) is 0 Å². The largest absolute Gasteiger partial charge is 0.443 e. The Bertz CT molecular complexity index is 507. The number of aliphatic imine (C=N–C) groups is 1. The molecule has 0 saturated carbocycles. The van der Waals surface area contributed by atoms with Gasteiger partial charge < -0.3 is 19.8 Å². The molecule has 0 amide bonds. The molecule has 0 radical (unpaired) electrons. The van der Waals surface area contributed by atoms with Crippen LogP contribution in [0.1, 0.15) is 32.4 Å². The van der Waals surface area contributed by atoms with Crippen LogP contribution in [0.3, 0.4) is 0 Å². The molecule has 1 aliphatic heterocycles. The van der Waals surface area contributed by atoms with Gasteiger partial charge in [-0.15, -0.1) is 24.0 Å². The Morgan fingerprint density at radius 3 is 2.58 bits per heavy atom. The van der Waals surface area contributed by atoms with E-state index in [1.807, 2.05) is 0 Å². The molecule has 2 rings (SSSR count). The maximum absolute atomic E-state index is 5.76. The van der Waals surface area contributed by atoms with E-state index in [9.17, 15) is 0 Å². The van der Waals surface area contributed by atoms with Crippen molar-refractivity contribution in [1.82, 2.24) is 20.5 Å². The molecule has 0 atom stereocenters. The third-order valence-electron chi connectivity index (χ3n) is 3.75. The van der Waals surface area contributed by atoms with Crippen molar-refractivity contribution in [3.63, 3.8) is 0 Å². The van der Waals surface area contributed by atoms with E-state index >= 15 is 0 Å². The van der Waals surface area contributed by atoms with Gasteiger partial charge in [-0.05, 0) is 0 Å². The van der Waals surface area contributed by atoms with E-state index in [0.29, 0.717) is 12.4 Å². The molecular weight excluding hydrogens is 421 g/mol. The Kier molecular flexibility index (Phi) is 8.99. The lowest BCUT2D eigenvalue weighted by Gasteiger charge is -2.26. The van der Waals surface area contributed by atoms with E-state index in [-0.39, 0.29) is 29.4 Å². The van der Waals surface area contributed by atoms with Crippen LogP contribution >= 0.6 is 24.0 Å². The van der Waals surface area contributed by atoms with Crippen LogP contribution < -0.4 is 10.6 Å². The van der Waals surface area contributed by atoms with Gasteiger partial charge in [0.2, 0.25) is 5.89 Å². The van der Waals surface area contributed by atoms with Crippen molar-refractivity contribution < 1.29 is 9.15 Å². The minimum Gasteiger partial charge on any atom is -0.443 e. The smallest absolute Gasteiger partial charge is 0.213 e. The fourth-order valence-electron chi connectivity index (χ4n) is 2.28. The fraction of sp³-hybridized carbons (Fsp3) is 0.750. The van der Waals surface area contributed by atoms with E-state index in [4.69, 9.17) is 9.15 Å². The predicted octanol–water partition coefficient (Wildman–Crippen LogP) is 1.59. The summed E-state index contributed by atoms with van der Waals surface area (Å²) < 4.78 is 11.1. The maximum atomic E-state index is 5.76. The van der Waals surface area contributed by atoms with Crippen LogP contribution in [0, 0.1) is 0 Å². The first-order chi connectivity index (χ1) is 11.0. The lowest BCUT2D eigenvalue weighted by Crippen LogP contribution is -2.44. The summed E-state index contributed by atoms with van der Waals surface area (Å²) in [5.41, 5.74) is -0.0245. The van der Waals surface area contributed by atoms with Crippen molar-refractivity contribution >= 4 is 29.9 Å². The summed E-state index contributed by atoms with van der Waals surface area (Å²) in [5.74, 6) is 2.32. The molecule has 24 heavy (non-hydrogen) atoms. The SMILES string of the molecule is CN=C(NCCN1CCOCC1)NCc1ncc(C(C)(C)C)o1.I. The summed E-state index contributed by atoms with van der Waals surface area (Å²) in [6.07, 6.45) is 1.80. The molecule has 1 saturated heterocycles. The number of aromatic nitrogens is 1. The number of hydrogen-bond donors (Lipinski definition) is 2. The number of guanidine groups is 1. The van der Waals surface area contributed by atoms with Crippen molar-refractivity contribution in [2.24, 2.45) is 4.99 Å². The number of nitrogens with zero attached hydrogens (tertiary/aromatic N) is 3. The molecule has 138 valence electrons. The molecule has 1 aromatic heterocycles. The van der Waals surface area contributed by atoms with Crippen molar-refractivity contribution in [2.45, 2.75) is 32.7 Å². The molecule has 2 heterocycles. The average Bonchev–Trinajstić information content (AvgIpc) is 3.01. The minimum atomic E-state index is -0.0245. The van der Waals surface area contributed by atoms with Crippen molar-refractivity contribution in [1.29, 1.82) is 0 Å². The molecular formula is C16H30IN5O2. The van der Waals surface area contributed by atoms with Gasteiger partial charge in [0.05, 0.1) is 26.0 Å². The van der Waals surface area contributed by atoms with Gasteiger partial charge >= 0.3 is 0 Å². The Morgan fingerprint density at radius 2 is 2.00 bits per heavy atom. The molecule has 8 heteroatoms. The van der Waals surface area contributed by atoms with Crippen LogP contribution in [0.25, 0.3) is 0 Å². The molecule has 7 nitrogen and oxygen atoms in total. The van der Waals surface area contributed by atoms with Crippen LogP contribution in [-0.2, 0) is 16.7 Å². The van der Waals surface area contributed by atoms with Crippen LogP contribution in [0.4, 0.5) is 0 Å². The monoisotopic (exact) mass is 451 g/mol. The summed E-state index contributed by atoms with van der Waals surface area (Å²) in [5, 5.41) is 6.54. The Morgan fingerprint density at radius 1 is 1.29 bits per heavy atom. The topological polar surface area (TPSA) is 74.9 Å². The first kappa shape index (κ1) is 21.2. The van der Waals surface area contributed by atoms with E-state index < -0.39 is 0 Å². The van der Waals surface area contributed by atoms with Gasteiger partial charge in [-0.1, -0.05) is 20.8 Å². The number of ether oxygens (including phenoxy) is 1. The molecule has 0 aliphatic carbocycles. The molecule has 0 unspecified atom stereocenters. The number of halogens is 1. The van der Waals surface area contributed by atoms with Gasteiger partial charge in [0.1, 0.15) is 5.76 Å². The summed E-state index contributed by atoms with van der Waals surface area (Å²) in [6, 6.07) is 0. The highest BCUT2D eigenvalue weighted by atomic mass is 127. The zero-order valence-corrected chi connectivity index (χ0v) is 17.4. The molecule has 1 aromatic rings. The van der Waals surface area contributed by atoms with Crippen LogP contribution in [0.15, 0.2) is 15.6 Å². The number of oxazole rings is 1. The number of hydrogen-bond acceptors (Lipinski definition) is 5. The molecule has 1 aliphatic rings. The van der Waals surface area contributed by atoms with Gasteiger partial charge in [-0.25, -0.2) is 4.98 Å². The van der Waals surface area contributed by atoms with Gasteiger partial charge in [-0.3, -0.25) is 9.89 Å². The fourth-order valence-corrected chi connectivity index (χ4v) is 2.28. The van der Waals surface area contributed by atoms with Crippen molar-refractivity contribution in [3.8, 4) is 0 Å². The highest BCUT2D eigenvalue weighted by molar-refractivity contribution is 14.0. The van der Waals surface area contributed by atoms with Gasteiger partial charge in [0.15, 0.2) is 5.96 Å². The zero-order chi connectivity index (χ0) is 16.7. The number of rotatable bonds is 5. The quantitative estimate of drug-likeness (QED) is 0.403. The highest BCUT2D eigenvalue weighted by Gasteiger charge is 2.19. The Hall–Kier alpha value is -0.870. The number of morpholine rings is 1. The Labute approximate surface area is 161 Å². The van der Waals surface area contributed by atoms with E-state index in [1.54, 1.807) is 13.2 Å².